The fraction of sp³-hybridized carbons (Fsp3) is 0.412. The van der Waals surface area contributed by atoms with Crippen molar-refractivity contribution in [2.45, 2.75) is 37.2 Å². The number of aliphatic imine (C=N–C) groups is 1. The van der Waals surface area contributed by atoms with Crippen LogP contribution in [0.2, 0.25) is 5.02 Å². The standard InChI is InChI=1S/C17H14ClF6N3O/c18-11-6-9(16(19,20)21)4-5-10(11)15(14(25)28)13(17(22,23)24)27-12(7-26-15)8-2-1-3-8/h4-8,26H,1-3H2,(H2,25,28). The van der Waals surface area contributed by atoms with E-state index in [1.54, 1.807) is 0 Å². The van der Waals surface area contributed by atoms with Crippen molar-refractivity contribution in [3.8, 4) is 0 Å². The monoisotopic (exact) mass is 425 g/mol. The van der Waals surface area contributed by atoms with Crippen molar-refractivity contribution in [3.05, 3.63) is 46.2 Å². The van der Waals surface area contributed by atoms with Crippen molar-refractivity contribution >= 4 is 23.2 Å². The third-order valence-corrected chi connectivity index (χ3v) is 5.21. The number of carbonyl (C=O) groups is 1. The number of allylic oxidation sites excluding steroid dienone is 1. The highest BCUT2D eigenvalue weighted by Gasteiger charge is 2.57. The molecule has 1 aliphatic carbocycles. The van der Waals surface area contributed by atoms with Crippen LogP contribution in [0.15, 0.2) is 35.1 Å². The van der Waals surface area contributed by atoms with Crippen molar-refractivity contribution in [2.24, 2.45) is 16.6 Å². The third-order valence-electron chi connectivity index (χ3n) is 4.89. The van der Waals surface area contributed by atoms with Gasteiger partial charge in [0.1, 0.15) is 0 Å². The van der Waals surface area contributed by atoms with Gasteiger partial charge < -0.3 is 11.1 Å². The summed E-state index contributed by atoms with van der Waals surface area (Å²) in [6, 6.07) is 1.68. The Morgan fingerprint density at radius 3 is 2.25 bits per heavy atom. The van der Waals surface area contributed by atoms with E-state index in [-0.39, 0.29) is 11.6 Å². The Morgan fingerprint density at radius 2 is 1.82 bits per heavy atom. The van der Waals surface area contributed by atoms with Gasteiger partial charge in [0.25, 0.3) is 5.91 Å². The van der Waals surface area contributed by atoms with Crippen LogP contribution >= 0.6 is 11.6 Å². The fourth-order valence-electron chi connectivity index (χ4n) is 3.21. The Labute approximate surface area is 160 Å². The van der Waals surface area contributed by atoms with Crippen LogP contribution in [0.1, 0.15) is 30.4 Å². The Morgan fingerprint density at radius 1 is 1.18 bits per heavy atom. The van der Waals surface area contributed by atoms with Gasteiger partial charge in [-0.25, -0.2) is 4.99 Å². The lowest BCUT2D eigenvalue weighted by Crippen LogP contribution is -2.62. The van der Waals surface area contributed by atoms with E-state index in [1.165, 1.54) is 0 Å². The highest BCUT2D eigenvalue weighted by atomic mass is 35.5. The summed E-state index contributed by atoms with van der Waals surface area (Å²) in [5.41, 5.74) is -0.635. The molecule has 1 saturated carbocycles. The van der Waals surface area contributed by atoms with E-state index in [0.29, 0.717) is 31.0 Å². The molecule has 1 aliphatic heterocycles. The van der Waals surface area contributed by atoms with Crippen LogP contribution in [-0.2, 0) is 16.5 Å². The normalized spacial score (nSPS) is 23.4. The molecule has 0 spiro atoms. The minimum absolute atomic E-state index is 0.110. The number of nitrogens with zero attached hydrogens (tertiary/aromatic N) is 1. The first-order chi connectivity index (χ1) is 12.9. The van der Waals surface area contributed by atoms with Crippen molar-refractivity contribution in [1.29, 1.82) is 0 Å². The lowest BCUT2D eigenvalue weighted by molar-refractivity contribution is -0.137. The molecule has 1 unspecified atom stereocenters. The van der Waals surface area contributed by atoms with Crippen LogP contribution in [-0.4, -0.2) is 17.8 Å². The van der Waals surface area contributed by atoms with Gasteiger partial charge in [-0.1, -0.05) is 24.1 Å². The Hall–Kier alpha value is -2.23. The highest BCUT2D eigenvalue weighted by Crippen LogP contribution is 2.43. The van der Waals surface area contributed by atoms with Gasteiger partial charge in [0.15, 0.2) is 11.3 Å². The zero-order valence-electron chi connectivity index (χ0n) is 14.1. The predicted molar refractivity (Wildman–Crippen MR) is 89.4 cm³/mol. The van der Waals surface area contributed by atoms with Gasteiger partial charge in [0.2, 0.25) is 0 Å². The second kappa shape index (κ2) is 6.68. The minimum Gasteiger partial charge on any atom is -0.367 e. The summed E-state index contributed by atoms with van der Waals surface area (Å²) < 4.78 is 80.0. The van der Waals surface area contributed by atoms with E-state index in [1.807, 2.05) is 0 Å². The first kappa shape index (κ1) is 20.5. The average molecular weight is 426 g/mol. The summed E-state index contributed by atoms with van der Waals surface area (Å²) in [6.45, 7) is 0. The molecule has 152 valence electrons. The van der Waals surface area contributed by atoms with Crippen molar-refractivity contribution in [3.63, 3.8) is 0 Å². The van der Waals surface area contributed by atoms with Gasteiger partial charge in [-0.2, -0.15) is 26.3 Å². The molecule has 1 atom stereocenters. The molecular formula is C17H14ClF6N3O. The Bertz CT molecular complexity index is 873. The van der Waals surface area contributed by atoms with E-state index in [4.69, 9.17) is 17.3 Å². The highest BCUT2D eigenvalue weighted by molar-refractivity contribution is 6.33. The summed E-state index contributed by atoms with van der Waals surface area (Å²) in [4.78, 5) is 15.8. The number of hydrogen-bond donors (Lipinski definition) is 2. The molecule has 3 N–H and O–H groups in total. The van der Waals surface area contributed by atoms with Gasteiger partial charge in [-0.3, -0.25) is 4.79 Å². The topological polar surface area (TPSA) is 67.5 Å². The number of benzene rings is 1. The summed E-state index contributed by atoms with van der Waals surface area (Å²) in [5.74, 6) is -1.69. The molecule has 1 aromatic carbocycles. The Balaban J connectivity index is 2.18. The maximum Gasteiger partial charge on any atom is 0.432 e. The fourth-order valence-corrected chi connectivity index (χ4v) is 3.53. The van der Waals surface area contributed by atoms with Crippen LogP contribution in [0.5, 0.6) is 0 Å². The second-order valence-corrected chi connectivity index (χ2v) is 7.01. The quantitative estimate of drug-likeness (QED) is 0.709. The number of alkyl halides is 6. The van der Waals surface area contributed by atoms with Gasteiger partial charge in [-0.05, 0) is 25.0 Å². The van der Waals surface area contributed by atoms with Crippen LogP contribution in [0, 0.1) is 5.92 Å². The smallest absolute Gasteiger partial charge is 0.367 e. The van der Waals surface area contributed by atoms with Gasteiger partial charge >= 0.3 is 12.4 Å². The first-order valence-corrected chi connectivity index (χ1v) is 8.56. The molecule has 1 fully saturated rings. The van der Waals surface area contributed by atoms with Gasteiger partial charge in [0.05, 0.1) is 11.3 Å². The zero-order valence-corrected chi connectivity index (χ0v) is 14.8. The van der Waals surface area contributed by atoms with E-state index >= 15 is 0 Å². The van der Waals surface area contributed by atoms with E-state index in [0.717, 1.165) is 12.6 Å². The molecule has 11 heteroatoms. The number of rotatable bonds is 3. The van der Waals surface area contributed by atoms with Gasteiger partial charge in [-0.15, -0.1) is 0 Å². The molecule has 4 nitrogen and oxygen atoms in total. The number of nitrogens with two attached hydrogens (primary N) is 1. The number of carbonyl (C=O) groups excluding carboxylic acids is 1. The molecule has 2 aliphatic rings. The molecule has 28 heavy (non-hydrogen) atoms. The average Bonchev–Trinajstić information content (AvgIpc) is 2.51. The number of nitrogens with one attached hydrogen (secondary N) is 1. The molecule has 0 saturated heterocycles. The number of halogens is 7. The molecule has 0 radical (unpaired) electrons. The number of primary amides is 1. The van der Waals surface area contributed by atoms with E-state index in [9.17, 15) is 31.1 Å². The lowest BCUT2D eigenvalue weighted by Gasteiger charge is -2.39. The molecule has 3 rings (SSSR count). The zero-order chi connectivity index (χ0) is 20.9. The van der Waals surface area contributed by atoms with Crippen molar-refractivity contribution < 1.29 is 31.1 Å². The summed E-state index contributed by atoms with van der Waals surface area (Å²) in [7, 11) is 0. The van der Waals surface area contributed by atoms with Crippen molar-refractivity contribution in [2.75, 3.05) is 0 Å². The van der Waals surface area contributed by atoms with Crippen LogP contribution in [0.25, 0.3) is 0 Å². The molecular weight excluding hydrogens is 412 g/mol. The minimum atomic E-state index is -5.09. The molecule has 1 amide bonds. The maximum atomic E-state index is 13.8. The maximum absolute atomic E-state index is 13.8. The third kappa shape index (κ3) is 3.34. The number of amides is 1. The second-order valence-electron chi connectivity index (χ2n) is 6.61. The van der Waals surface area contributed by atoms with E-state index in [2.05, 4.69) is 10.3 Å². The SMILES string of the molecule is NC(=O)C1(c2ccc(C(F)(F)F)cc2Cl)NC=C(C2CCC2)N=C1C(F)(F)F. The van der Waals surface area contributed by atoms with Gasteiger partial charge in [0, 0.05) is 22.7 Å². The summed E-state index contributed by atoms with van der Waals surface area (Å²) >= 11 is 5.86. The Kier molecular flexibility index (Phi) is 4.89. The molecule has 0 bridgehead atoms. The van der Waals surface area contributed by atoms with E-state index < -0.39 is 45.7 Å². The predicted octanol–water partition coefficient (Wildman–Crippen LogP) is 4.29. The lowest BCUT2D eigenvalue weighted by atomic mass is 9.79. The van der Waals surface area contributed by atoms with Crippen LogP contribution < -0.4 is 11.1 Å². The van der Waals surface area contributed by atoms with Crippen molar-refractivity contribution in [1.82, 2.24) is 5.32 Å². The summed E-state index contributed by atoms with van der Waals surface area (Å²) in [6.07, 6.45) is -6.57. The largest absolute Gasteiger partial charge is 0.432 e. The molecule has 0 aromatic heterocycles. The molecule has 1 heterocycles. The first-order valence-electron chi connectivity index (χ1n) is 8.18. The summed E-state index contributed by atoms with van der Waals surface area (Å²) in [5, 5.41) is 1.65. The molecule has 1 aromatic rings. The van der Waals surface area contributed by atoms with Crippen LogP contribution in [0.4, 0.5) is 26.3 Å². The van der Waals surface area contributed by atoms with Crippen LogP contribution in [0.3, 0.4) is 0 Å². The number of hydrogen-bond acceptors (Lipinski definition) is 3.